The van der Waals surface area contributed by atoms with Crippen LogP contribution in [0.25, 0.3) is 0 Å². The van der Waals surface area contributed by atoms with Gasteiger partial charge in [0.1, 0.15) is 19.3 Å². The standard InChI is InChI=1S/C20H18N2O5S2/c23-18(12-5-8-28-11-12)17-4-2-14(29-17)10-21-19(24)20(25)22-13-1-3-15-16(9-13)27-7-6-26-15/h1-5,8-9,11,18,23H,6-7,10H2,(H,21,24)(H,22,25). The molecular weight excluding hydrogens is 412 g/mol. The molecule has 7 nitrogen and oxygen atoms in total. The van der Waals surface area contributed by atoms with E-state index in [-0.39, 0.29) is 6.54 Å². The van der Waals surface area contributed by atoms with Gasteiger partial charge in [0.2, 0.25) is 0 Å². The second kappa shape index (κ2) is 8.64. The summed E-state index contributed by atoms with van der Waals surface area (Å²) in [5.41, 5.74) is 1.29. The second-order valence-electron chi connectivity index (χ2n) is 6.26. The zero-order chi connectivity index (χ0) is 20.2. The number of carbonyl (C=O) groups excluding carboxylic acids is 2. The largest absolute Gasteiger partial charge is 0.486 e. The van der Waals surface area contributed by atoms with Gasteiger partial charge >= 0.3 is 11.8 Å². The quantitative estimate of drug-likeness (QED) is 0.541. The number of aliphatic hydroxyl groups is 1. The smallest absolute Gasteiger partial charge is 0.313 e. The van der Waals surface area contributed by atoms with Crippen LogP contribution in [0.2, 0.25) is 0 Å². The summed E-state index contributed by atoms with van der Waals surface area (Å²) in [7, 11) is 0. The maximum Gasteiger partial charge on any atom is 0.313 e. The van der Waals surface area contributed by atoms with Crippen LogP contribution in [0.3, 0.4) is 0 Å². The van der Waals surface area contributed by atoms with E-state index in [1.165, 1.54) is 22.7 Å². The van der Waals surface area contributed by atoms with Gasteiger partial charge in [-0.05, 0) is 46.7 Å². The molecule has 150 valence electrons. The van der Waals surface area contributed by atoms with Gasteiger partial charge in [-0.1, -0.05) is 0 Å². The molecule has 0 saturated heterocycles. The predicted octanol–water partition coefficient (Wildman–Crippen LogP) is 2.92. The van der Waals surface area contributed by atoms with Crippen LogP contribution in [0.4, 0.5) is 5.69 Å². The minimum absolute atomic E-state index is 0.203. The van der Waals surface area contributed by atoms with Crippen LogP contribution in [-0.4, -0.2) is 30.1 Å². The molecule has 1 aliphatic heterocycles. The molecule has 1 atom stereocenters. The first-order valence-electron chi connectivity index (χ1n) is 8.88. The van der Waals surface area contributed by atoms with Gasteiger partial charge in [0, 0.05) is 21.5 Å². The Morgan fingerprint density at radius 3 is 2.69 bits per heavy atom. The molecule has 3 N–H and O–H groups in total. The third-order valence-corrected chi connectivity index (χ3v) is 6.08. The van der Waals surface area contributed by atoms with Gasteiger partial charge in [-0.15, -0.1) is 11.3 Å². The number of hydrogen-bond acceptors (Lipinski definition) is 7. The number of benzene rings is 1. The highest BCUT2D eigenvalue weighted by Gasteiger charge is 2.18. The molecule has 1 unspecified atom stereocenters. The van der Waals surface area contributed by atoms with Gasteiger partial charge in [-0.3, -0.25) is 9.59 Å². The lowest BCUT2D eigenvalue weighted by Gasteiger charge is -2.18. The number of amides is 2. The number of rotatable bonds is 5. The molecule has 0 aliphatic carbocycles. The normalized spacial score (nSPS) is 13.6. The van der Waals surface area contributed by atoms with E-state index in [9.17, 15) is 14.7 Å². The number of thiophene rings is 2. The maximum atomic E-state index is 12.1. The molecule has 0 radical (unpaired) electrons. The van der Waals surface area contributed by atoms with Crippen LogP contribution in [0, 0.1) is 0 Å². The zero-order valence-electron chi connectivity index (χ0n) is 15.2. The molecule has 0 spiro atoms. The zero-order valence-corrected chi connectivity index (χ0v) is 16.8. The molecule has 2 amide bonds. The molecular formula is C20H18N2O5S2. The van der Waals surface area contributed by atoms with Crippen LogP contribution < -0.4 is 20.1 Å². The van der Waals surface area contributed by atoms with Crippen molar-refractivity contribution >= 4 is 40.2 Å². The fourth-order valence-corrected chi connectivity index (χ4v) is 4.43. The Morgan fingerprint density at radius 1 is 1.07 bits per heavy atom. The Labute approximate surface area is 174 Å². The number of hydrogen-bond donors (Lipinski definition) is 3. The van der Waals surface area contributed by atoms with E-state index in [0.717, 1.165) is 15.3 Å². The van der Waals surface area contributed by atoms with Crippen molar-refractivity contribution in [3.05, 3.63) is 62.5 Å². The van der Waals surface area contributed by atoms with Crippen LogP contribution in [0.1, 0.15) is 21.4 Å². The lowest BCUT2D eigenvalue weighted by molar-refractivity contribution is -0.136. The van der Waals surface area contributed by atoms with E-state index >= 15 is 0 Å². The van der Waals surface area contributed by atoms with Crippen molar-refractivity contribution in [2.24, 2.45) is 0 Å². The van der Waals surface area contributed by atoms with Crippen molar-refractivity contribution in [3.63, 3.8) is 0 Å². The Balaban J connectivity index is 1.31. The number of aliphatic hydroxyl groups excluding tert-OH is 1. The minimum atomic E-state index is -0.767. The molecule has 29 heavy (non-hydrogen) atoms. The first-order valence-corrected chi connectivity index (χ1v) is 10.6. The SMILES string of the molecule is O=C(NCc1ccc(C(O)c2ccsc2)s1)C(=O)Nc1ccc2c(c1)OCCO2. The molecule has 9 heteroatoms. The summed E-state index contributed by atoms with van der Waals surface area (Å²) >= 11 is 2.91. The van der Waals surface area contributed by atoms with Gasteiger partial charge in [0.05, 0.1) is 6.54 Å². The van der Waals surface area contributed by atoms with E-state index in [1.807, 2.05) is 29.0 Å². The monoisotopic (exact) mass is 430 g/mol. The van der Waals surface area contributed by atoms with Gasteiger partial charge < -0.3 is 25.2 Å². The van der Waals surface area contributed by atoms with Crippen LogP contribution in [0.5, 0.6) is 11.5 Å². The average Bonchev–Trinajstić information content (AvgIpc) is 3.43. The fraction of sp³-hybridized carbons (Fsp3) is 0.200. The lowest BCUT2D eigenvalue weighted by Crippen LogP contribution is -2.34. The first-order chi connectivity index (χ1) is 14.1. The Hall–Kier alpha value is -2.88. The van der Waals surface area contributed by atoms with Crippen molar-refractivity contribution in [2.75, 3.05) is 18.5 Å². The van der Waals surface area contributed by atoms with Crippen molar-refractivity contribution in [1.29, 1.82) is 0 Å². The Bertz CT molecular complexity index is 1020. The van der Waals surface area contributed by atoms with E-state index in [0.29, 0.717) is 30.4 Å². The van der Waals surface area contributed by atoms with E-state index in [4.69, 9.17) is 9.47 Å². The highest BCUT2D eigenvalue weighted by Crippen LogP contribution is 2.32. The molecule has 3 aromatic rings. The second-order valence-corrected chi connectivity index (χ2v) is 8.24. The number of anilines is 1. The summed E-state index contributed by atoms with van der Waals surface area (Å²) < 4.78 is 10.9. The third-order valence-electron chi connectivity index (χ3n) is 4.24. The molecule has 3 heterocycles. The lowest BCUT2D eigenvalue weighted by atomic mass is 10.2. The summed E-state index contributed by atoms with van der Waals surface area (Å²) in [5, 5.41) is 19.3. The van der Waals surface area contributed by atoms with Crippen molar-refractivity contribution in [1.82, 2.24) is 5.32 Å². The highest BCUT2D eigenvalue weighted by molar-refractivity contribution is 7.12. The van der Waals surface area contributed by atoms with Crippen LogP contribution in [0.15, 0.2) is 47.2 Å². The minimum Gasteiger partial charge on any atom is -0.486 e. The number of fused-ring (bicyclic) bond motifs is 1. The molecule has 0 fully saturated rings. The first kappa shape index (κ1) is 19.4. The van der Waals surface area contributed by atoms with Crippen LogP contribution in [-0.2, 0) is 16.1 Å². The van der Waals surface area contributed by atoms with Gasteiger partial charge in [-0.2, -0.15) is 11.3 Å². The summed E-state index contributed by atoms with van der Waals surface area (Å²) in [6.07, 6.45) is -0.686. The molecule has 2 aromatic heterocycles. The molecule has 1 aliphatic rings. The number of carbonyl (C=O) groups is 2. The third kappa shape index (κ3) is 4.58. The molecule has 0 bridgehead atoms. The molecule has 4 rings (SSSR count). The predicted molar refractivity (Wildman–Crippen MR) is 111 cm³/mol. The summed E-state index contributed by atoms with van der Waals surface area (Å²) in [6.45, 7) is 1.12. The highest BCUT2D eigenvalue weighted by atomic mass is 32.1. The van der Waals surface area contributed by atoms with Gasteiger partial charge in [0.15, 0.2) is 11.5 Å². The van der Waals surface area contributed by atoms with E-state index in [2.05, 4.69) is 10.6 Å². The van der Waals surface area contributed by atoms with E-state index in [1.54, 1.807) is 18.2 Å². The average molecular weight is 431 g/mol. The van der Waals surface area contributed by atoms with Gasteiger partial charge in [0.25, 0.3) is 0 Å². The van der Waals surface area contributed by atoms with Crippen molar-refractivity contribution in [2.45, 2.75) is 12.6 Å². The Kier molecular flexibility index (Phi) is 5.79. The summed E-state index contributed by atoms with van der Waals surface area (Å²) in [6, 6.07) is 10.5. The topological polar surface area (TPSA) is 96.9 Å². The number of ether oxygens (including phenoxy) is 2. The van der Waals surface area contributed by atoms with E-state index < -0.39 is 17.9 Å². The molecule has 0 saturated carbocycles. The molecule has 1 aromatic carbocycles. The van der Waals surface area contributed by atoms with Gasteiger partial charge in [-0.25, -0.2) is 0 Å². The van der Waals surface area contributed by atoms with Crippen LogP contribution >= 0.6 is 22.7 Å². The van der Waals surface area contributed by atoms with Crippen molar-refractivity contribution in [3.8, 4) is 11.5 Å². The number of nitrogens with one attached hydrogen (secondary N) is 2. The summed E-state index contributed by atoms with van der Waals surface area (Å²) in [5.74, 6) is -0.369. The maximum absolute atomic E-state index is 12.1. The summed E-state index contributed by atoms with van der Waals surface area (Å²) in [4.78, 5) is 25.9. The fourth-order valence-electron chi connectivity index (χ4n) is 2.79. The Morgan fingerprint density at radius 2 is 1.90 bits per heavy atom. The van der Waals surface area contributed by atoms with Crippen molar-refractivity contribution < 1.29 is 24.2 Å².